The third-order valence-electron chi connectivity index (χ3n) is 0.223. The third-order valence-corrected chi connectivity index (χ3v) is 0.668. The topological polar surface area (TPSA) is 80.7 Å². The number of carbonyl (C=O) groups is 1. The van der Waals surface area contributed by atoms with Crippen LogP contribution in [-0.4, -0.2) is 18.9 Å². The van der Waals surface area contributed by atoms with Gasteiger partial charge in [0.05, 0.1) is 0 Å². The van der Waals surface area contributed by atoms with E-state index in [0.29, 0.717) is 0 Å². The molecule has 0 fully saturated rings. The first-order chi connectivity index (χ1) is 3.42. The first kappa shape index (κ1) is 16.8. The molecule has 0 saturated carbocycles. The van der Waals surface area contributed by atoms with Crippen molar-refractivity contribution in [1.29, 1.82) is 0 Å². The zero-order valence-electron chi connectivity index (χ0n) is 4.62. The van der Waals surface area contributed by atoms with E-state index in [4.69, 9.17) is 4.55 Å². The van der Waals surface area contributed by atoms with Crippen LogP contribution in [0.25, 0.3) is 0 Å². The summed E-state index contributed by atoms with van der Waals surface area (Å²) in [4.78, 5) is 9.70. The van der Waals surface area contributed by atoms with Crippen LogP contribution in [0, 0.1) is 0 Å². The molecule has 0 atom stereocenters. The summed E-state index contributed by atoms with van der Waals surface area (Å²) in [6.45, 7) is 0.869. The normalized spacial score (nSPS) is 8.60. The Bertz CT molecular complexity index is 184. The molecule has 0 saturated heterocycles. The number of carbonyl (C=O) groups excluding carboxylic acids is 1. The molecular formula is C2H4Ni2O5S. The van der Waals surface area contributed by atoms with Crippen LogP contribution < -0.4 is 0 Å². The summed E-state index contributed by atoms with van der Waals surface area (Å²) in [6.07, 6.45) is 0. The van der Waals surface area contributed by atoms with E-state index in [1.165, 1.54) is 0 Å². The molecule has 0 spiro atoms. The summed E-state index contributed by atoms with van der Waals surface area (Å²) < 4.78 is 30.2. The van der Waals surface area contributed by atoms with Gasteiger partial charge in [-0.15, -0.1) is 0 Å². The van der Waals surface area contributed by atoms with E-state index in [-0.39, 0.29) is 33.0 Å². The van der Waals surface area contributed by atoms with Gasteiger partial charge in [0.2, 0.25) is 0 Å². The molecule has 0 heterocycles. The average molecular weight is 258 g/mol. The molecule has 0 rings (SSSR count). The van der Waals surface area contributed by atoms with E-state index in [2.05, 4.69) is 4.18 Å². The van der Waals surface area contributed by atoms with Crippen molar-refractivity contribution in [3.63, 3.8) is 0 Å². The molecule has 10 heavy (non-hydrogen) atoms. The minimum Gasteiger partial charge on any atom is -0.325 e. The van der Waals surface area contributed by atoms with Gasteiger partial charge in [-0.3, -0.25) is 9.35 Å². The molecule has 0 aromatic carbocycles. The predicted molar refractivity (Wildman–Crippen MR) is 23.3 cm³/mol. The van der Waals surface area contributed by atoms with E-state index in [9.17, 15) is 13.2 Å². The van der Waals surface area contributed by atoms with Crippen LogP contribution in [0.15, 0.2) is 0 Å². The van der Waals surface area contributed by atoms with E-state index in [1.807, 2.05) is 0 Å². The summed E-state index contributed by atoms with van der Waals surface area (Å²) in [5.74, 6) is -1.06. The van der Waals surface area contributed by atoms with Crippen LogP contribution in [0.4, 0.5) is 0 Å². The number of hydrogen-bond acceptors (Lipinski definition) is 4. The fourth-order valence-corrected chi connectivity index (χ4v) is 0.445. The van der Waals surface area contributed by atoms with E-state index in [1.54, 1.807) is 0 Å². The molecule has 68 valence electrons. The van der Waals surface area contributed by atoms with Gasteiger partial charge >= 0.3 is 16.4 Å². The molecule has 0 aromatic heterocycles. The SMILES string of the molecule is CC(=O)OS(=O)(=O)O.[Ni].[Ni]. The minimum atomic E-state index is -4.57. The summed E-state index contributed by atoms with van der Waals surface area (Å²) >= 11 is 0. The molecule has 0 unspecified atom stereocenters. The first-order valence-electron chi connectivity index (χ1n) is 1.59. The summed E-state index contributed by atoms with van der Waals surface area (Å²) in [5, 5.41) is 0. The summed E-state index contributed by atoms with van der Waals surface area (Å²) in [6, 6.07) is 0. The molecule has 1 N–H and O–H groups in total. The Balaban J connectivity index is -0.000000245. The first-order valence-corrected chi connectivity index (χ1v) is 2.96. The van der Waals surface area contributed by atoms with Crippen LogP contribution in [-0.2, 0) is 52.4 Å². The second-order valence-electron chi connectivity index (χ2n) is 1.00. The largest absolute Gasteiger partial charge is 0.448 e. The Morgan fingerprint density at radius 3 is 1.70 bits per heavy atom. The second-order valence-corrected chi connectivity index (χ2v) is 2.02. The molecule has 0 amide bonds. The van der Waals surface area contributed by atoms with Gasteiger partial charge < -0.3 is 4.18 Å². The Morgan fingerprint density at radius 2 is 1.70 bits per heavy atom. The van der Waals surface area contributed by atoms with Crippen molar-refractivity contribution in [1.82, 2.24) is 0 Å². The van der Waals surface area contributed by atoms with Gasteiger partial charge in [0.1, 0.15) is 0 Å². The fraction of sp³-hybridized carbons (Fsp3) is 0.500. The third kappa shape index (κ3) is 15.8. The van der Waals surface area contributed by atoms with Crippen LogP contribution in [0.1, 0.15) is 6.92 Å². The Hall–Kier alpha value is 0.367. The van der Waals surface area contributed by atoms with Gasteiger partial charge in [0.15, 0.2) is 0 Å². The second kappa shape index (κ2) is 6.10. The zero-order valence-corrected chi connectivity index (χ0v) is 7.41. The van der Waals surface area contributed by atoms with Gasteiger partial charge in [-0.1, -0.05) is 0 Å². The molecule has 0 aromatic rings. The van der Waals surface area contributed by atoms with Crippen molar-refractivity contribution in [3.05, 3.63) is 0 Å². The van der Waals surface area contributed by atoms with Gasteiger partial charge in [-0.25, -0.2) is 0 Å². The molecular weight excluding hydrogens is 253 g/mol. The van der Waals surface area contributed by atoms with Gasteiger partial charge in [-0.2, -0.15) is 8.42 Å². The fourth-order valence-electron chi connectivity index (χ4n) is 0.148. The maximum Gasteiger partial charge on any atom is 0.448 e. The molecule has 0 bridgehead atoms. The molecule has 0 aliphatic carbocycles. The van der Waals surface area contributed by atoms with Crippen LogP contribution in [0.2, 0.25) is 0 Å². The minimum absolute atomic E-state index is 0. The number of rotatable bonds is 1. The molecule has 5 nitrogen and oxygen atoms in total. The molecule has 0 aliphatic rings. The zero-order chi connectivity index (χ0) is 6.78. The molecule has 0 aliphatic heterocycles. The van der Waals surface area contributed by atoms with Gasteiger partial charge in [0.25, 0.3) is 0 Å². The van der Waals surface area contributed by atoms with Gasteiger partial charge in [0, 0.05) is 39.9 Å². The van der Waals surface area contributed by atoms with E-state index >= 15 is 0 Å². The summed E-state index contributed by atoms with van der Waals surface area (Å²) in [7, 11) is -4.57. The maximum atomic E-state index is 9.70. The van der Waals surface area contributed by atoms with Crippen molar-refractivity contribution < 1.29 is 54.9 Å². The quantitative estimate of drug-likeness (QED) is 0.499. The van der Waals surface area contributed by atoms with E-state index < -0.39 is 16.4 Å². The average Bonchev–Trinajstić information content (AvgIpc) is 1.21. The predicted octanol–water partition coefficient (Wildman–Crippen LogP) is -0.653. The van der Waals surface area contributed by atoms with Gasteiger partial charge in [-0.05, 0) is 0 Å². The monoisotopic (exact) mass is 256 g/mol. The van der Waals surface area contributed by atoms with Crippen LogP contribution in [0.3, 0.4) is 0 Å². The standard InChI is InChI=1S/C2H4O5S.2Ni/c1-2(3)7-8(4,5)6;;/h1H3,(H,4,5,6);;. The summed E-state index contributed by atoms with van der Waals surface area (Å²) in [5.41, 5.74) is 0. The van der Waals surface area contributed by atoms with Crippen molar-refractivity contribution in [2.45, 2.75) is 6.92 Å². The van der Waals surface area contributed by atoms with Crippen LogP contribution >= 0.6 is 0 Å². The molecule has 0 radical (unpaired) electrons. The van der Waals surface area contributed by atoms with Crippen molar-refractivity contribution in [2.75, 3.05) is 0 Å². The Kier molecular flexibility index (Phi) is 10.2. The maximum absolute atomic E-state index is 9.70. The Morgan fingerprint density at radius 1 is 1.40 bits per heavy atom. The van der Waals surface area contributed by atoms with Crippen molar-refractivity contribution in [2.24, 2.45) is 0 Å². The Labute approximate surface area is 78.3 Å². The number of hydrogen-bond donors (Lipinski definition) is 1. The van der Waals surface area contributed by atoms with Crippen molar-refractivity contribution in [3.8, 4) is 0 Å². The smallest absolute Gasteiger partial charge is 0.325 e. The van der Waals surface area contributed by atoms with Crippen molar-refractivity contribution >= 4 is 16.4 Å². The van der Waals surface area contributed by atoms with E-state index in [0.717, 1.165) is 6.92 Å². The van der Waals surface area contributed by atoms with Crippen LogP contribution in [0.5, 0.6) is 0 Å². The molecule has 8 heteroatoms.